The molecule has 0 unspecified atom stereocenters. The first-order chi connectivity index (χ1) is 12.0. The molecular formula is C20H28N2O3. The number of aliphatic hydroxyl groups is 1. The number of hydrogen-bond donors (Lipinski definition) is 1. The van der Waals surface area contributed by atoms with E-state index in [2.05, 4.69) is 0 Å². The quantitative estimate of drug-likeness (QED) is 0.800. The first kappa shape index (κ1) is 19.2. The van der Waals surface area contributed by atoms with Crippen LogP contribution in [0.5, 0.6) is 0 Å². The topological polar surface area (TPSA) is 56.9 Å². The normalized spacial score (nSPS) is 12.4. The van der Waals surface area contributed by atoms with Crippen molar-refractivity contribution in [1.29, 1.82) is 0 Å². The SMILES string of the molecule is CC[C@@H](CO)N(Cc1ccccc1C)C(=O)c1ccc(CN(C)C)o1. The van der Waals surface area contributed by atoms with Gasteiger partial charge in [-0.05, 0) is 50.7 Å². The summed E-state index contributed by atoms with van der Waals surface area (Å²) < 4.78 is 5.73. The molecule has 2 rings (SSSR count). The number of nitrogens with zero attached hydrogens (tertiary/aromatic N) is 2. The minimum absolute atomic E-state index is 0.0701. The second kappa shape index (κ2) is 8.83. The molecule has 0 aliphatic heterocycles. The second-order valence-corrected chi connectivity index (χ2v) is 6.61. The summed E-state index contributed by atoms with van der Waals surface area (Å²) in [7, 11) is 3.90. The maximum absolute atomic E-state index is 13.0. The van der Waals surface area contributed by atoms with Crippen LogP contribution in [0.1, 0.15) is 40.8 Å². The molecule has 0 bridgehead atoms. The first-order valence-corrected chi connectivity index (χ1v) is 8.66. The van der Waals surface area contributed by atoms with E-state index in [-0.39, 0.29) is 18.6 Å². The lowest BCUT2D eigenvalue weighted by molar-refractivity contribution is 0.0529. The number of benzene rings is 1. The van der Waals surface area contributed by atoms with Crippen molar-refractivity contribution >= 4 is 5.91 Å². The predicted molar refractivity (Wildman–Crippen MR) is 98.3 cm³/mol. The summed E-state index contributed by atoms with van der Waals surface area (Å²) in [6.07, 6.45) is 0.680. The van der Waals surface area contributed by atoms with Gasteiger partial charge in [0.25, 0.3) is 5.91 Å². The summed E-state index contributed by atoms with van der Waals surface area (Å²) in [6, 6.07) is 11.3. The highest BCUT2D eigenvalue weighted by atomic mass is 16.4. The van der Waals surface area contributed by atoms with E-state index in [1.54, 1.807) is 11.0 Å². The number of carbonyl (C=O) groups is 1. The van der Waals surface area contributed by atoms with Crippen LogP contribution in [0.3, 0.4) is 0 Å². The molecule has 0 saturated heterocycles. The van der Waals surface area contributed by atoms with Gasteiger partial charge in [0.15, 0.2) is 5.76 Å². The van der Waals surface area contributed by atoms with E-state index in [4.69, 9.17) is 4.42 Å². The second-order valence-electron chi connectivity index (χ2n) is 6.61. The van der Waals surface area contributed by atoms with Crippen molar-refractivity contribution in [1.82, 2.24) is 9.80 Å². The minimum atomic E-state index is -0.241. The van der Waals surface area contributed by atoms with Crippen molar-refractivity contribution in [3.63, 3.8) is 0 Å². The minimum Gasteiger partial charge on any atom is -0.455 e. The predicted octanol–water partition coefficient (Wildman–Crippen LogP) is 3.06. The van der Waals surface area contributed by atoms with E-state index in [1.807, 2.05) is 63.2 Å². The van der Waals surface area contributed by atoms with Crippen molar-refractivity contribution in [2.45, 2.75) is 39.4 Å². The third-order valence-corrected chi connectivity index (χ3v) is 4.33. The average molecular weight is 344 g/mol. The fourth-order valence-electron chi connectivity index (χ4n) is 2.82. The Labute approximate surface area is 149 Å². The summed E-state index contributed by atoms with van der Waals surface area (Å²) in [5, 5.41) is 9.73. The molecule has 0 aliphatic rings. The molecule has 0 saturated carbocycles. The highest BCUT2D eigenvalue weighted by molar-refractivity contribution is 5.91. The van der Waals surface area contributed by atoms with Crippen LogP contribution in [0, 0.1) is 6.92 Å². The van der Waals surface area contributed by atoms with Gasteiger partial charge < -0.3 is 19.3 Å². The van der Waals surface area contributed by atoms with Crippen molar-refractivity contribution < 1.29 is 14.3 Å². The van der Waals surface area contributed by atoms with E-state index < -0.39 is 0 Å². The average Bonchev–Trinajstić information content (AvgIpc) is 3.03. The maximum Gasteiger partial charge on any atom is 0.290 e. The van der Waals surface area contributed by atoms with Gasteiger partial charge in [0, 0.05) is 6.54 Å². The van der Waals surface area contributed by atoms with E-state index in [0.29, 0.717) is 25.3 Å². The van der Waals surface area contributed by atoms with Gasteiger partial charge in [-0.2, -0.15) is 0 Å². The molecule has 0 fully saturated rings. The van der Waals surface area contributed by atoms with E-state index in [9.17, 15) is 9.90 Å². The molecule has 5 nitrogen and oxygen atoms in total. The Hall–Kier alpha value is -2.11. The highest BCUT2D eigenvalue weighted by Crippen LogP contribution is 2.19. The standard InChI is InChI=1S/C20H28N2O3/c1-5-17(14-23)22(12-16-9-7-6-8-15(16)2)20(24)19-11-10-18(25-19)13-21(3)4/h6-11,17,23H,5,12-14H2,1-4H3/t17-/m0/s1. The Morgan fingerprint density at radius 2 is 1.88 bits per heavy atom. The molecule has 136 valence electrons. The molecule has 1 N–H and O–H groups in total. The molecule has 1 amide bonds. The molecule has 1 atom stereocenters. The zero-order chi connectivity index (χ0) is 18.4. The Bertz CT molecular complexity index is 690. The lowest BCUT2D eigenvalue weighted by Gasteiger charge is -2.30. The van der Waals surface area contributed by atoms with Crippen LogP contribution < -0.4 is 0 Å². The number of furan rings is 1. The largest absolute Gasteiger partial charge is 0.455 e. The highest BCUT2D eigenvalue weighted by Gasteiger charge is 2.26. The molecule has 0 spiro atoms. The number of carbonyl (C=O) groups excluding carboxylic acids is 1. The van der Waals surface area contributed by atoms with E-state index in [1.165, 1.54) is 0 Å². The zero-order valence-electron chi connectivity index (χ0n) is 15.5. The van der Waals surface area contributed by atoms with Gasteiger partial charge in [0.2, 0.25) is 0 Å². The van der Waals surface area contributed by atoms with Gasteiger partial charge in [0.05, 0.1) is 19.2 Å². The van der Waals surface area contributed by atoms with Crippen LogP contribution in [-0.2, 0) is 13.1 Å². The summed E-state index contributed by atoms with van der Waals surface area (Å²) in [4.78, 5) is 16.7. The number of hydrogen-bond acceptors (Lipinski definition) is 4. The molecule has 5 heteroatoms. The number of aliphatic hydroxyl groups excluding tert-OH is 1. The Morgan fingerprint density at radius 1 is 1.16 bits per heavy atom. The van der Waals surface area contributed by atoms with Crippen LogP contribution in [0.25, 0.3) is 0 Å². The van der Waals surface area contributed by atoms with Crippen LogP contribution >= 0.6 is 0 Å². The lowest BCUT2D eigenvalue weighted by Crippen LogP contribution is -2.41. The summed E-state index contributed by atoms with van der Waals surface area (Å²) in [5.74, 6) is 0.882. The zero-order valence-corrected chi connectivity index (χ0v) is 15.5. The van der Waals surface area contributed by atoms with Crippen LogP contribution in [0.15, 0.2) is 40.8 Å². The van der Waals surface area contributed by atoms with E-state index >= 15 is 0 Å². The molecule has 1 aromatic carbocycles. The number of amides is 1. The van der Waals surface area contributed by atoms with Crippen LogP contribution in [0.4, 0.5) is 0 Å². The number of rotatable bonds is 8. The fourth-order valence-corrected chi connectivity index (χ4v) is 2.82. The van der Waals surface area contributed by atoms with Crippen molar-refractivity contribution in [3.8, 4) is 0 Å². The van der Waals surface area contributed by atoms with Crippen molar-refractivity contribution in [2.24, 2.45) is 0 Å². The smallest absolute Gasteiger partial charge is 0.290 e. The molecule has 0 aliphatic carbocycles. The molecular weight excluding hydrogens is 316 g/mol. The van der Waals surface area contributed by atoms with Gasteiger partial charge >= 0.3 is 0 Å². The van der Waals surface area contributed by atoms with Gasteiger partial charge in [-0.3, -0.25) is 4.79 Å². The monoisotopic (exact) mass is 344 g/mol. The van der Waals surface area contributed by atoms with Crippen LogP contribution in [0.2, 0.25) is 0 Å². The molecule has 1 heterocycles. The fraction of sp³-hybridized carbons (Fsp3) is 0.450. The van der Waals surface area contributed by atoms with Crippen molar-refractivity contribution in [3.05, 3.63) is 59.0 Å². The van der Waals surface area contributed by atoms with Gasteiger partial charge in [-0.25, -0.2) is 0 Å². The maximum atomic E-state index is 13.0. The lowest BCUT2D eigenvalue weighted by atomic mass is 10.1. The number of aryl methyl sites for hydroxylation is 1. The Morgan fingerprint density at radius 3 is 2.48 bits per heavy atom. The third-order valence-electron chi connectivity index (χ3n) is 4.33. The third kappa shape index (κ3) is 4.94. The van der Waals surface area contributed by atoms with Gasteiger partial charge in [-0.1, -0.05) is 31.2 Å². The van der Waals surface area contributed by atoms with Crippen LogP contribution in [-0.4, -0.2) is 47.6 Å². The van der Waals surface area contributed by atoms with E-state index in [0.717, 1.165) is 16.9 Å². The van der Waals surface area contributed by atoms with Crippen molar-refractivity contribution in [2.75, 3.05) is 20.7 Å². The molecule has 25 heavy (non-hydrogen) atoms. The summed E-state index contributed by atoms with van der Waals surface area (Å²) in [5.41, 5.74) is 2.20. The Balaban J connectivity index is 2.26. The summed E-state index contributed by atoms with van der Waals surface area (Å²) in [6.45, 7) is 5.02. The summed E-state index contributed by atoms with van der Waals surface area (Å²) >= 11 is 0. The van der Waals surface area contributed by atoms with Gasteiger partial charge in [-0.15, -0.1) is 0 Å². The molecule has 0 radical (unpaired) electrons. The Kier molecular flexibility index (Phi) is 6.79. The molecule has 1 aromatic heterocycles. The van der Waals surface area contributed by atoms with Gasteiger partial charge in [0.1, 0.15) is 5.76 Å². The first-order valence-electron chi connectivity index (χ1n) is 8.66. The molecule has 2 aromatic rings.